The summed E-state index contributed by atoms with van der Waals surface area (Å²) in [5, 5.41) is 26.8. The number of carbonyl (C=O) groups excluding carboxylic acids is 2. The van der Waals surface area contributed by atoms with E-state index in [2.05, 4.69) is 15.3 Å². The molecular formula is C30H33N7O5. The molecule has 4 atom stereocenters. The topological polar surface area (TPSA) is 159 Å². The third kappa shape index (κ3) is 3.62. The summed E-state index contributed by atoms with van der Waals surface area (Å²) >= 11 is 0. The standard InChI is InChI=1S/C30H33N7O5/c1-29(2)30(41)23(38)21(42-28(30)36-15-33-22-24(31)34-16-37(29)25(22)36)13-32-12-11-17-7-3-4-8-18(17)14-35-26(39)19-9-5-6-10-20(19)27(35)40/h3-10,15,21,23,28,32,38,41H,11-14,16H2,1-2H3,(H2,31,34)/t21-,23-,28-,30-/m1/s1. The van der Waals surface area contributed by atoms with Crippen LogP contribution in [0.15, 0.2) is 59.9 Å². The zero-order valence-electron chi connectivity index (χ0n) is 23.4. The highest BCUT2D eigenvalue weighted by Crippen LogP contribution is 2.54. The van der Waals surface area contributed by atoms with Gasteiger partial charge < -0.3 is 30.9 Å². The van der Waals surface area contributed by atoms with E-state index in [-0.39, 0.29) is 25.0 Å². The number of hydrogen-bond donors (Lipinski definition) is 4. The number of rotatable bonds is 7. The van der Waals surface area contributed by atoms with Gasteiger partial charge in [-0.15, -0.1) is 0 Å². The van der Waals surface area contributed by atoms with Crippen molar-refractivity contribution in [2.45, 2.75) is 56.4 Å². The summed E-state index contributed by atoms with van der Waals surface area (Å²) in [5.74, 6) is 0.489. The van der Waals surface area contributed by atoms with Crippen molar-refractivity contribution < 1.29 is 24.5 Å². The maximum atomic E-state index is 12.9. The number of anilines is 1. The number of aliphatic hydroxyl groups is 2. The Balaban J connectivity index is 1.03. The minimum atomic E-state index is -1.63. The van der Waals surface area contributed by atoms with Crippen molar-refractivity contribution in [2.24, 2.45) is 10.7 Å². The normalized spacial score (nSPS) is 27.1. The number of nitrogens with zero attached hydrogens (tertiary/aromatic N) is 5. The lowest BCUT2D eigenvalue weighted by atomic mass is 9.74. The number of aliphatic hydroxyl groups excluding tert-OH is 1. The van der Waals surface area contributed by atoms with Gasteiger partial charge >= 0.3 is 0 Å². The minimum absolute atomic E-state index is 0.191. The Morgan fingerprint density at radius 3 is 2.45 bits per heavy atom. The van der Waals surface area contributed by atoms with Crippen LogP contribution in [0, 0.1) is 0 Å². The number of amides is 2. The second kappa shape index (κ2) is 9.46. The summed E-state index contributed by atoms with van der Waals surface area (Å²) in [6.07, 6.45) is -0.530. The molecule has 4 aliphatic heterocycles. The van der Waals surface area contributed by atoms with E-state index >= 15 is 0 Å². The number of aromatic nitrogens is 2. The predicted molar refractivity (Wildman–Crippen MR) is 153 cm³/mol. The number of ether oxygens (including phenoxy) is 1. The molecule has 12 heteroatoms. The molecule has 0 saturated carbocycles. The summed E-state index contributed by atoms with van der Waals surface area (Å²) in [7, 11) is 0. The monoisotopic (exact) mass is 571 g/mol. The molecule has 42 heavy (non-hydrogen) atoms. The predicted octanol–water partition coefficient (Wildman–Crippen LogP) is 0.776. The van der Waals surface area contributed by atoms with Crippen LogP contribution in [0.2, 0.25) is 0 Å². The fraction of sp³-hybridized carbons (Fsp3) is 0.400. The van der Waals surface area contributed by atoms with E-state index in [1.54, 1.807) is 35.2 Å². The van der Waals surface area contributed by atoms with Gasteiger partial charge in [0.15, 0.2) is 11.8 Å². The van der Waals surface area contributed by atoms with Gasteiger partial charge in [0.2, 0.25) is 0 Å². The molecule has 1 aromatic heterocycles. The Bertz CT molecular complexity index is 1600. The highest BCUT2D eigenvalue weighted by atomic mass is 16.6. The van der Waals surface area contributed by atoms with Crippen molar-refractivity contribution in [3.63, 3.8) is 0 Å². The highest BCUT2D eigenvalue weighted by Gasteiger charge is 2.68. The van der Waals surface area contributed by atoms with Gasteiger partial charge in [-0.3, -0.25) is 19.1 Å². The third-order valence-electron chi connectivity index (χ3n) is 9.28. The zero-order chi connectivity index (χ0) is 29.4. The van der Waals surface area contributed by atoms with Crippen molar-refractivity contribution in [3.05, 3.63) is 82.8 Å². The van der Waals surface area contributed by atoms with Crippen molar-refractivity contribution in [2.75, 3.05) is 24.7 Å². The first kappa shape index (κ1) is 26.8. The average molecular weight is 572 g/mol. The van der Waals surface area contributed by atoms with Gasteiger partial charge in [0, 0.05) is 6.54 Å². The molecule has 0 radical (unpaired) electrons. The molecule has 0 unspecified atom stereocenters. The van der Waals surface area contributed by atoms with Crippen LogP contribution in [-0.2, 0) is 17.7 Å². The van der Waals surface area contributed by atoms with Crippen LogP contribution in [0.1, 0.15) is 57.6 Å². The number of nitrogens with two attached hydrogens (primary N) is 1. The molecule has 1 fully saturated rings. The number of hydrogen-bond acceptors (Lipinski definition) is 10. The molecule has 0 bridgehead atoms. The maximum absolute atomic E-state index is 12.9. The number of carbonyl (C=O) groups is 2. The molecule has 2 aromatic carbocycles. The SMILES string of the molecule is CC1(C)N2CN=C(N)c3ncn(c32)[C@@H]2O[C@H](CNCCc3ccccc3CN3C(=O)c4ccccc4C3=O)[C@@H](O)[C@@]21O. The maximum Gasteiger partial charge on any atom is 0.261 e. The van der Waals surface area contributed by atoms with E-state index in [9.17, 15) is 19.8 Å². The van der Waals surface area contributed by atoms with Gasteiger partial charge in [-0.1, -0.05) is 36.4 Å². The Morgan fingerprint density at radius 1 is 1.07 bits per heavy atom. The highest BCUT2D eigenvalue weighted by molar-refractivity contribution is 6.21. The number of fused-ring (bicyclic) bond motifs is 3. The second-order valence-electron chi connectivity index (χ2n) is 11.8. The molecule has 5 N–H and O–H groups in total. The largest absolute Gasteiger partial charge is 0.387 e. The molecule has 4 aliphatic rings. The first-order valence-electron chi connectivity index (χ1n) is 14.1. The molecule has 218 valence electrons. The molecule has 0 aliphatic carbocycles. The second-order valence-corrected chi connectivity index (χ2v) is 11.8. The zero-order valence-corrected chi connectivity index (χ0v) is 23.4. The first-order valence-corrected chi connectivity index (χ1v) is 14.1. The van der Waals surface area contributed by atoms with Gasteiger partial charge in [0.05, 0.1) is 29.5 Å². The van der Waals surface area contributed by atoms with Crippen molar-refractivity contribution >= 4 is 23.5 Å². The third-order valence-corrected chi connectivity index (χ3v) is 9.28. The Kier molecular flexibility index (Phi) is 6.03. The van der Waals surface area contributed by atoms with Crippen molar-refractivity contribution in [3.8, 4) is 0 Å². The van der Waals surface area contributed by atoms with E-state index in [0.29, 0.717) is 42.2 Å². The van der Waals surface area contributed by atoms with Gasteiger partial charge in [-0.2, -0.15) is 0 Å². The van der Waals surface area contributed by atoms with Crippen LogP contribution < -0.4 is 16.0 Å². The lowest BCUT2D eigenvalue weighted by Gasteiger charge is -2.55. The lowest BCUT2D eigenvalue weighted by molar-refractivity contribution is -0.155. The quantitative estimate of drug-likeness (QED) is 0.237. The molecule has 0 spiro atoms. The Labute approximate surface area is 242 Å². The molecule has 5 heterocycles. The van der Waals surface area contributed by atoms with E-state index in [1.807, 2.05) is 43.0 Å². The fourth-order valence-corrected chi connectivity index (χ4v) is 6.77. The minimum Gasteiger partial charge on any atom is -0.387 e. The summed E-state index contributed by atoms with van der Waals surface area (Å²) in [4.78, 5) is 37.8. The number of imidazole rings is 1. The van der Waals surface area contributed by atoms with Gasteiger partial charge in [-0.25, -0.2) is 9.98 Å². The smallest absolute Gasteiger partial charge is 0.261 e. The molecule has 2 amide bonds. The van der Waals surface area contributed by atoms with E-state index in [4.69, 9.17) is 10.5 Å². The Morgan fingerprint density at radius 2 is 1.74 bits per heavy atom. The number of imide groups is 1. The lowest BCUT2D eigenvalue weighted by Crippen LogP contribution is -2.71. The molecule has 7 rings (SSSR count). The van der Waals surface area contributed by atoms with Crippen LogP contribution in [0.4, 0.5) is 5.82 Å². The summed E-state index contributed by atoms with van der Waals surface area (Å²) in [6.45, 7) is 5.01. The van der Waals surface area contributed by atoms with Crippen LogP contribution >= 0.6 is 0 Å². The summed E-state index contributed by atoms with van der Waals surface area (Å²) in [5.41, 5.74) is 6.82. The van der Waals surface area contributed by atoms with Crippen LogP contribution in [0.5, 0.6) is 0 Å². The van der Waals surface area contributed by atoms with Gasteiger partial charge in [0.1, 0.15) is 36.2 Å². The first-order chi connectivity index (χ1) is 20.1. The van der Waals surface area contributed by atoms with Crippen LogP contribution in [-0.4, -0.2) is 85.4 Å². The molecule has 1 saturated heterocycles. The summed E-state index contributed by atoms with van der Waals surface area (Å²) < 4.78 is 8.04. The average Bonchev–Trinajstić information content (AvgIpc) is 3.61. The van der Waals surface area contributed by atoms with Crippen LogP contribution in [0.3, 0.4) is 0 Å². The van der Waals surface area contributed by atoms with Crippen molar-refractivity contribution in [1.82, 2.24) is 19.8 Å². The fourth-order valence-electron chi connectivity index (χ4n) is 6.77. The van der Waals surface area contributed by atoms with Gasteiger partial charge in [-0.05, 0) is 50.1 Å². The number of nitrogens with one attached hydrogen (secondary N) is 1. The van der Waals surface area contributed by atoms with E-state index < -0.39 is 29.6 Å². The Hall–Kier alpha value is -4.10. The van der Waals surface area contributed by atoms with Crippen molar-refractivity contribution in [1.29, 1.82) is 0 Å². The molecule has 3 aromatic rings. The van der Waals surface area contributed by atoms with E-state index in [0.717, 1.165) is 16.9 Å². The molecular weight excluding hydrogens is 538 g/mol. The van der Waals surface area contributed by atoms with Crippen LogP contribution in [0.25, 0.3) is 0 Å². The van der Waals surface area contributed by atoms with E-state index in [1.165, 1.54) is 4.90 Å². The van der Waals surface area contributed by atoms with Gasteiger partial charge in [0.25, 0.3) is 11.8 Å². The molecule has 12 nitrogen and oxygen atoms in total. The number of aliphatic imine (C=N–C) groups is 1. The summed E-state index contributed by atoms with van der Waals surface area (Å²) in [6, 6.07) is 14.6. The number of amidine groups is 1. The number of benzene rings is 2.